The number of nitrogens with two attached hydrogens (primary N) is 1. The van der Waals surface area contributed by atoms with Crippen molar-refractivity contribution in [2.45, 2.75) is 38.1 Å². The number of esters is 1. The lowest BCUT2D eigenvalue weighted by Gasteiger charge is -2.38. The summed E-state index contributed by atoms with van der Waals surface area (Å²) in [7, 11) is 3.07. The van der Waals surface area contributed by atoms with Gasteiger partial charge in [-0.2, -0.15) is 5.10 Å². The fourth-order valence-electron chi connectivity index (χ4n) is 5.12. The predicted octanol–water partition coefficient (Wildman–Crippen LogP) is 1.77. The number of carbonyl (C=O) groups is 1. The molecule has 1 saturated heterocycles. The summed E-state index contributed by atoms with van der Waals surface area (Å²) >= 11 is 0. The molecular formula is C28H32N6O5. The SMILES string of the molecule is COC(=O)c1ccc(CN2CCC(O)(Cn3cnc4c(-c5ccc(CN)cc5)n(C)nc4c3=O)CC2)c(O)c1. The first-order valence-electron chi connectivity index (χ1n) is 12.8. The van der Waals surface area contributed by atoms with Crippen LogP contribution < -0.4 is 11.3 Å². The maximum Gasteiger partial charge on any atom is 0.337 e. The lowest BCUT2D eigenvalue weighted by molar-refractivity contribution is -0.0365. The Morgan fingerprint density at radius 2 is 1.85 bits per heavy atom. The molecule has 204 valence electrons. The van der Waals surface area contributed by atoms with Gasteiger partial charge in [0.05, 0.1) is 36.8 Å². The minimum atomic E-state index is -1.08. The largest absolute Gasteiger partial charge is 0.508 e. The number of aryl methyl sites for hydroxylation is 1. The summed E-state index contributed by atoms with van der Waals surface area (Å²) < 4.78 is 7.78. The molecule has 11 heteroatoms. The highest BCUT2D eigenvalue weighted by Gasteiger charge is 2.33. The number of aliphatic hydroxyl groups is 1. The van der Waals surface area contributed by atoms with Gasteiger partial charge in [0.25, 0.3) is 5.56 Å². The Morgan fingerprint density at radius 1 is 1.13 bits per heavy atom. The average Bonchev–Trinajstić information content (AvgIpc) is 3.28. The summed E-state index contributed by atoms with van der Waals surface area (Å²) in [6.45, 7) is 2.18. The average molecular weight is 533 g/mol. The molecule has 0 aliphatic carbocycles. The van der Waals surface area contributed by atoms with Gasteiger partial charge in [-0.05, 0) is 30.5 Å². The van der Waals surface area contributed by atoms with Crippen molar-refractivity contribution in [3.8, 4) is 17.0 Å². The monoisotopic (exact) mass is 532 g/mol. The van der Waals surface area contributed by atoms with E-state index in [1.807, 2.05) is 24.3 Å². The van der Waals surface area contributed by atoms with Crippen LogP contribution in [0.1, 0.15) is 34.3 Å². The highest BCUT2D eigenvalue weighted by molar-refractivity contribution is 5.90. The number of benzene rings is 2. The number of likely N-dealkylation sites (tertiary alicyclic amines) is 1. The first-order chi connectivity index (χ1) is 18.7. The Balaban J connectivity index is 1.29. The number of fused-ring (bicyclic) bond motifs is 1. The first-order valence-corrected chi connectivity index (χ1v) is 12.8. The number of nitrogens with zero attached hydrogens (tertiary/aromatic N) is 5. The zero-order valence-electron chi connectivity index (χ0n) is 22.0. The fourth-order valence-corrected chi connectivity index (χ4v) is 5.12. The zero-order chi connectivity index (χ0) is 27.7. The maximum atomic E-state index is 13.3. The van der Waals surface area contributed by atoms with Crippen molar-refractivity contribution in [3.63, 3.8) is 0 Å². The second-order valence-corrected chi connectivity index (χ2v) is 10.1. The number of methoxy groups -OCH3 is 1. The summed E-state index contributed by atoms with van der Waals surface area (Å²) in [5.41, 5.74) is 8.70. The van der Waals surface area contributed by atoms with Crippen LogP contribution in [0, 0.1) is 0 Å². The molecule has 1 fully saturated rings. The molecule has 0 saturated carbocycles. The molecule has 11 nitrogen and oxygen atoms in total. The topological polar surface area (TPSA) is 149 Å². The highest BCUT2D eigenvalue weighted by Crippen LogP contribution is 2.29. The summed E-state index contributed by atoms with van der Waals surface area (Å²) in [6.07, 6.45) is 2.37. The fraction of sp³-hybridized carbons (Fsp3) is 0.357. The molecule has 0 spiro atoms. The number of aromatic nitrogens is 4. The van der Waals surface area contributed by atoms with E-state index in [1.54, 1.807) is 23.9 Å². The molecule has 0 atom stereocenters. The highest BCUT2D eigenvalue weighted by atomic mass is 16.5. The third-order valence-electron chi connectivity index (χ3n) is 7.43. The number of piperidine rings is 1. The smallest absolute Gasteiger partial charge is 0.337 e. The Morgan fingerprint density at radius 3 is 2.49 bits per heavy atom. The molecule has 3 heterocycles. The van der Waals surface area contributed by atoms with Gasteiger partial charge >= 0.3 is 5.97 Å². The summed E-state index contributed by atoms with van der Waals surface area (Å²) in [4.78, 5) is 31.7. The standard InChI is InChI=1S/C28H32N6O5/c1-32-25(19-5-3-18(14-29)4-6-19)23-24(31-32)26(36)34(17-30-23)16-28(38)9-11-33(12-10-28)15-21-8-7-20(13-22(21)35)27(37)39-2/h3-8,13,17,35,38H,9-12,14-16,29H2,1-2H3. The van der Waals surface area contributed by atoms with Crippen LogP contribution in [-0.2, 0) is 31.4 Å². The van der Waals surface area contributed by atoms with Crippen molar-refractivity contribution in [2.24, 2.45) is 12.8 Å². The number of aromatic hydroxyl groups is 1. The number of ether oxygens (including phenoxy) is 1. The number of hydrogen-bond donors (Lipinski definition) is 3. The molecule has 1 aliphatic heterocycles. The van der Waals surface area contributed by atoms with E-state index in [2.05, 4.69) is 15.0 Å². The second kappa shape index (κ2) is 10.6. The van der Waals surface area contributed by atoms with Crippen LogP contribution in [0.15, 0.2) is 53.6 Å². The van der Waals surface area contributed by atoms with E-state index in [4.69, 9.17) is 10.5 Å². The molecule has 5 rings (SSSR count). The van der Waals surface area contributed by atoms with Crippen LogP contribution in [0.2, 0.25) is 0 Å². The van der Waals surface area contributed by atoms with Crippen molar-refractivity contribution < 1.29 is 19.7 Å². The van der Waals surface area contributed by atoms with E-state index >= 15 is 0 Å². The van der Waals surface area contributed by atoms with Crippen LogP contribution >= 0.6 is 0 Å². The van der Waals surface area contributed by atoms with Gasteiger partial charge in [0, 0.05) is 44.4 Å². The summed E-state index contributed by atoms with van der Waals surface area (Å²) in [5.74, 6) is -0.486. The molecule has 39 heavy (non-hydrogen) atoms. The molecule has 4 N–H and O–H groups in total. The lowest BCUT2D eigenvalue weighted by Crippen LogP contribution is -2.47. The molecule has 2 aromatic carbocycles. The Hall–Kier alpha value is -4.06. The van der Waals surface area contributed by atoms with E-state index < -0.39 is 11.6 Å². The van der Waals surface area contributed by atoms with E-state index in [1.165, 1.54) is 24.1 Å². The molecular weight excluding hydrogens is 500 g/mol. The van der Waals surface area contributed by atoms with Gasteiger partial charge in [-0.25, -0.2) is 9.78 Å². The number of phenolic OH excluding ortho intramolecular Hbond substituents is 1. The maximum absolute atomic E-state index is 13.3. The van der Waals surface area contributed by atoms with Crippen LogP contribution in [-0.4, -0.2) is 66.2 Å². The van der Waals surface area contributed by atoms with Crippen molar-refractivity contribution in [2.75, 3.05) is 20.2 Å². The van der Waals surface area contributed by atoms with Crippen molar-refractivity contribution in [1.29, 1.82) is 0 Å². The molecule has 0 radical (unpaired) electrons. The normalized spacial score (nSPS) is 15.5. The minimum Gasteiger partial charge on any atom is -0.508 e. The van der Waals surface area contributed by atoms with Crippen molar-refractivity contribution in [1.82, 2.24) is 24.2 Å². The first kappa shape index (κ1) is 26.5. The van der Waals surface area contributed by atoms with Gasteiger partial charge in [-0.3, -0.25) is 18.9 Å². The third-order valence-corrected chi connectivity index (χ3v) is 7.43. The van der Waals surface area contributed by atoms with Gasteiger partial charge < -0.3 is 20.7 Å². The number of rotatable bonds is 7. The lowest BCUT2D eigenvalue weighted by atomic mass is 9.91. The third kappa shape index (κ3) is 5.29. The molecule has 2 aromatic heterocycles. The van der Waals surface area contributed by atoms with Crippen LogP contribution in [0.3, 0.4) is 0 Å². The van der Waals surface area contributed by atoms with Crippen LogP contribution in [0.5, 0.6) is 5.75 Å². The predicted molar refractivity (Wildman–Crippen MR) is 145 cm³/mol. The second-order valence-electron chi connectivity index (χ2n) is 10.1. The van der Waals surface area contributed by atoms with Crippen LogP contribution in [0.25, 0.3) is 22.3 Å². The number of phenols is 1. The molecule has 0 bridgehead atoms. The quantitative estimate of drug-likeness (QED) is 0.303. The van der Waals surface area contributed by atoms with Crippen molar-refractivity contribution in [3.05, 3.63) is 75.8 Å². The van der Waals surface area contributed by atoms with Gasteiger partial charge in [0.2, 0.25) is 0 Å². The molecule has 4 aromatic rings. The summed E-state index contributed by atoms with van der Waals surface area (Å²) in [5, 5.41) is 26.1. The van der Waals surface area contributed by atoms with Crippen molar-refractivity contribution >= 4 is 17.0 Å². The Kier molecular flexibility index (Phi) is 7.21. The number of hydrogen-bond acceptors (Lipinski definition) is 9. The molecule has 0 unspecified atom stereocenters. The van der Waals surface area contributed by atoms with Crippen LogP contribution in [0.4, 0.5) is 0 Å². The van der Waals surface area contributed by atoms with E-state index in [0.717, 1.165) is 16.8 Å². The van der Waals surface area contributed by atoms with Gasteiger partial charge in [0.1, 0.15) is 11.3 Å². The van der Waals surface area contributed by atoms with E-state index in [0.29, 0.717) is 50.1 Å². The van der Waals surface area contributed by atoms with Gasteiger partial charge in [-0.15, -0.1) is 0 Å². The summed E-state index contributed by atoms with van der Waals surface area (Å²) in [6, 6.07) is 12.5. The van der Waals surface area contributed by atoms with E-state index in [9.17, 15) is 19.8 Å². The number of carbonyl (C=O) groups excluding carboxylic acids is 1. The zero-order valence-corrected chi connectivity index (χ0v) is 22.0. The van der Waals surface area contributed by atoms with Gasteiger partial charge in [-0.1, -0.05) is 30.3 Å². The minimum absolute atomic E-state index is 0.0229. The van der Waals surface area contributed by atoms with Gasteiger partial charge in [0.15, 0.2) is 5.52 Å². The Labute approximate surface area is 225 Å². The van der Waals surface area contributed by atoms with E-state index in [-0.39, 0.29) is 28.9 Å². The molecule has 1 aliphatic rings. The molecule has 0 amide bonds. The Bertz CT molecular complexity index is 1570.